The van der Waals surface area contributed by atoms with Gasteiger partial charge in [-0.15, -0.1) is 0 Å². The lowest BCUT2D eigenvalue weighted by Gasteiger charge is -2.08. The van der Waals surface area contributed by atoms with Crippen LogP contribution in [0.25, 0.3) is 10.9 Å². The van der Waals surface area contributed by atoms with Crippen molar-refractivity contribution in [3.05, 3.63) is 54.2 Å². The van der Waals surface area contributed by atoms with E-state index in [0.29, 0.717) is 16.5 Å². The van der Waals surface area contributed by atoms with Gasteiger partial charge in [-0.1, -0.05) is 30.3 Å². The molecule has 0 fully saturated rings. The lowest BCUT2D eigenvalue weighted by atomic mass is 10.2. The van der Waals surface area contributed by atoms with E-state index < -0.39 is 10.0 Å². The van der Waals surface area contributed by atoms with Crippen LogP contribution >= 0.6 is 0 Å². The van der Waals surface area contributed by atoms with Gasteiger partial charge in [0.15, 0.2) is 11.5 Å². The molecule has 1 heterocycles. The Bertz CT molecular complexity index is 917. The zero-order valence-corrected chi connectivity index (χ0v) is 12.6. The summed E-state index contributed by atoms with van der Waals surface area (Å²) in [5.74, 6) is -0.0208. The predicted octanol–water partition coefficient (Wildman–Crippen LogP) is 2.13. The van der Waals surface area contributed by atoms with Gasteiger partial charge in [0, 0.05) is 11.5 Å². The van der Waals surface area contributed by atoms with E-state index >= 15 is 0 Å². The van der Waals surface area contributed by atoms with Crippen molar-refractivity contribution < 1.29 is 18.3 Å². The van der Waals surface area contributed by atoms with Crippen molar-refractivity contribution >= 4 is 20.9 Å². The van der Waals surface area contributed by atoms with E-state index in [4.69, 9.17) is 4.74 Å². The maximum Gasteiger partial charge on any atom is 0.258 e. The normalized spacial score (nSPS) is 11.7. The molecule has 6 nitrogen and oxygen atoms in total. The van der Waals surface area contributed by atoms with Crippen LogP contribution in [0.15, 0.2) is 48.7 Å². The molecule has 0 atom stereocenters. The van der Waals surface area contributed by atoms with Crippen molar-refractivity contribution in [3.8, 4) is 11.5 Å². The number of hydrogen-bond acceptors (Lipinski definition) is 5. The molecule has 114 valence electrons. The Kier molecular flexibility index (Phi) is 3.50. The fourth-order valence-electron chi connectivity index (χ4n) is 2.25. The topological polar surface area (TPSA) is 81.4 Å². The van der Waals surface area contributed by atoms with Crippen molar-refractivity contribution in [3.63, 3.8) is 0 Å². The minimum Gasteiger partial charge on any atom is -0.504 e. The van der Waals surface area contributed by atoms with Crippen LogP contribution in [0.4, 0.5) is 0 Å². The van der Waals surface area contributed by atoms with Gasteiger partial charge < -0.3 is 9.84 Å². The number of fused-ring (bicyclic) bond motifs is 1. The Morgan fingerprint density at radius 1 is 1.23 bits per heavy atom. The summed E-state index contributed by atoms with van der Waals surface area (Å²) in [5.41, 5.74) is 1.04. The maximum absolute atomic E-state index is 12.6. The molecule has 0 aliphatic carbocycles. The van der Waals surface area contributed by atoms with Gasteiger partial charge >= 0.3 is 0 Å². The molecule has 1 aromatic heterocycles. The summed E-state index contributed by atoms with van der Waals surface area (Å²) in [6.07, 6.45) is 1.40. The van der Waals surface area contributed by atoms with Gasteiger partial charge in [0.2, 0.25) is 0 Å². The zero-order valence-electron chi connectivity index (χ0n) is 11.8. The van der Waals surface area contributed by atoms with Crippen LogP contribution in [-0.2, 0) is 15.8 Å². The number of rotatable bonds is 4. The van der Waals surface area contributed by atoms with Crippen LogP contribution < -0.4 is 4.74 Å². The number of nitrogens with zero attached hydrogens (tertiary/aromatic N) is 2. The van der Waals surface area contributed by atoms with Gasteiger partial charge in [-0.25, -0.2) is 8.42 Å². The van der Waals surface area contributed by atoms with E-state index in [0.717, 1.165) is 4.09 Å². The van der Waals surface area contributed by atoms with Crippen LogP contribution in [0, 0.1) is 0 Å². The monoisotopic (exact) mass is 318 g/mol. The highest BCUT2D eigenvalue weighted by atomic mass is 32.2. The van der Waals surface area contributed by atoms with Gasteiger partial charge in [-0.3, -0.25) is 0 Å². The Hall–Kier alpha value is -2.54. The molecule has 0 spiro atoms. The summed E-state index contributed by atoms with van der Waals surface area (Å²) in [6.45, 7) is 0. The van der Waals surface area contributed by atoms with Gasteiger partial charge in [0.1, 0.15) is 0 Å². The average molecular weight is 318 g/mol. The van der Waals surface area contributed by atoms with Crippen molar-refractivity contribution in [1.29, 1.82) is 0 Å². The molecule has 2 aromatic carbocycles. The van der Waals surface area contributed by atoms with Crippen LogP contribution in [-0.4, -0.2) is 29.8 Å². The molecule has 22 heavy (non-hydrogen) atoms. The van der Waals surface area contributed by atoms with Gasteiger partial charge in [0.25, 0.3) is 10.0 Å². The molecule has 0 amide bonds. The van der Waals surface area contributed by atoms with E-state index in [9.17, 15) is 13.5 Å². The van der Waals surface area contributed by atoms with Crippen molar-refractivity contribution in [2.45, 2.75) is 5.75 Å². The molecule has 0 saturated carbocycles. The van der Waals surface area contributed by atoms with E-state index in [2.05, 4.69) is 5.10 Å². The number of methoxy groups -OCH3 is 1. The third kappa shape index (κ3) is 2.50. The van der Waals surface area contributed by atoms with Gasteiger partial charge in [0.05, 0.1) is 24.6 Å². The number of benzene rings is 2. The zero-order chi connectivity index (χ0) is 15.7. The van der Waals surface area contributed by atoms with Crippen LogP contribution in [0.3, 0.4) is 0 Å². The SMILES string of the molecule is COc1cc2c(cnn2S(=O)(=O)Cc2ccccc2)cc1O. The smallest absolute Gasteiger partial charge is 0.258 e. The predicted molar refractivity (Wildman–Crippen MR) is 82.4 cm³/mol. The van der Waals surface area contributed by atoms with E-state index in [1.807, 2.05) is 6.07 Å². The van der Waals surface area contributed by atoms with Crippen molar-refractivity contribution in [2.24, 2.45) is 0 Å². The second kappa shape index (κ2) is 5.34. The molecule has 1 N–H and O–H groups in total. The summed E-state index contributed by atoms with van der Waals surface area (Å²) in [4.78, 5) is 0. The second-order valence-corrected chi connectivity index (χ2v) is 6.61. The molecule has 3 aromatic rings. The third-order valence-electron chi connectivity index (χ3n) is 3.29. The quantitative estimate of drug-likeness (QED) is 0.797. The molecule has 0 aliphatic rings. The molecule has 0 unspecified atom stereocenters. The Balaban J connectivity index is 2.09. The minimum absolute atomic E-state index is 0.0602. The Morgan fingerprint density at radius 2 is 1.95 bits per heavy atom. The number of ether oxygens (including phenoxy) is 1. The molecular formula is C15H14N2O4S. The summed E-state index contributed by atoms with van der Waals surface area (Å²) in [6, 6.07) is 11.8. The number of hydrogen-bond donors (Lipinski definition) is 1. The molecule has 0 radical (unpaired) electrons. The summed E-state index contributed by atoms with van der Waals surface area (Å²) in [5, 5.41) is 14.2. The Morgan fingerprint density at radius 3 is 2.64 bits per heavy atom. The highest BCUT2D eigenvalue weighted by molar-refractivity contribution is 7.89. The molecule has 7 heteroatoms. The number of aromatic nitrogens is 2. The average Bonchev–Trinajstić information content (AvgIpc) is 2.90. The highest BCUT2D eigenvalue weighted by Gasteiger charge is 2.19. The van der Waals surface area contributed by atoms with E-state index in [1.54, 1.807) is 24.3 Å². The minimum atomic E-state index is -3.67. The van der Waals surface area contributed by atoms with Crippen LogP contribution in [0.2, 0.25) is 0 Å². The van der Waals surface area contributed by atoms with Gasteiger partial charge in [-0.05, 0) is 11.6 Å². The molecule has 3 rings (SSSR count). The molecule has 0 bridgehead atoms. The summed E-state index contributed by atoms with van der Waals surface area (Å²) >= 11 is 0. The fraction of sp³-hybridized carbons (Fsp3) is 0.133. The first-order valence-corrected chi connectivity index (χ1v) is 8.14. The van der Waals surface area contributed by atoms with Gasteiger partial charge in [-0.2, -0.15) is 9.19 Å². The summed E-state index contributed by atoms with van der Waals surface area (Å²) < 4.78 is 31.1. The standard InChI is InChI=1S/C15H14N2O4S/c1-21-15-8-13-12(7-14(15)18)9-16-17(13)22(19,20)10-11-5-3-2-4-6-11/h2-9,18H,10H2,1H3. The summed E-state index contributed by atoms with van der Waals surface area (Å²) in [7, 11) is -2.26. The van der Waals surface area contributed by atoms with E-state index in [-0.39, 0.29) is 17.3 Å². The first kappa shape index (κ1) is 14.4. The molecular weight excluding hydrogens is 304 g/mol. The second-order valence-electron chi connectivity index (χ2n) is 4.81. The molecule has 0 saturated heterocycles. The third-order valence-corrected chi connectivity index (χ3v) is 4.81. The number of phenolic OH excluding ortho intramolecular Hbond substituents is 1. The fourth-order valence-corrected chi connectivity index (χ4v) is 3.64. The highest BCUT2D eigenvalue weighted by Crippen LogP contribution is 2.31. The van der Waals surface area contributed by atoms with E-state index in [1.165, 1.54) is 25.4 Å². The van der Waals surface area contributed by atoms with Crippen molar-refractivity contribution in [2.75, 3.05) is 7.11 Å². The lowest BCUT2D eigenvalue weighted by molar-refractivity contribution is 0.374. The lowest BCUT2D eigenvalue weighted by Crippen LogP contribution is -2.16. The van der Waals surface area contributed by atoms with Crippen molar-refractivity contribution in [1.82, 2.24) is 9.19 Å². The largest absolute Gasteiger partial charge is 0.504 e. The first-order valence-electron chi connectivity index (χ1n) is 6.53. The Labute approximate surface area is 127 Å². The maximum atomic E-state index is 12.6. The molecule has 0 aliphatic heterocycles. The van der Waals surface area contributed by atoms with Crippen LogP contribution in [0.5, 0.6) is 11.5 Å². The number of phenols is 1. The number of aromatic hydroxyl groups is 1. The first-order chi connectivity index (χ1) is 10.5. The van der Waals surface area contributed by atoms with Crippen LogP contribution in [0.1, 0.15) is 5.56 Å².